The number of nitrogens with zero attached hydrogens (tertiary/aromatic N) is 2. The lowest BCUT2D eigenvalue weighted by Gasteiger charge is -1.94. The maximum Gasteiger partial charge on any atom is 0.106 e. The molecule has 0 spiro atoms. The Morgan fingerprint density at radius 3 is 2.83 bits per heavy atom. The van der Waals surface area contributed by atoms with Gasteiger partial charge in [-0.25, -0.2) is 4.98 Å². The standard InChI is InChI=1S/C8H8N2S.ClH/c1-11-10-6-9-7-4-2-3-5-8(7)10;/h2-6H,1H3;1H. The first-order valence-corrected chi connectivity index (χ1v) is 4.56. The molecule has 0 aliphatic carbocycles. The lowest BCUT2D eigenvalue weighted by atomic mass is 10.3. The summed E-state index contributed by atoms with van der Waals surface area (Å²) < 4.78 is 2.05. The molecular formula is C8H9ClN2S. The summed E-state index contributed by atoms with van der Waals surface area (Å²) >= 11 is 1.66. The third-order valence-corrected chi connectivity index (χ3v) is 2.30. The zero-order valence-corrected chi connectivity index (χ0v) is 8.23. The number of aromatic nitrogens is 2. The quantitative estimate of drug-likeness (QED) is 0.704. The van der Waals surface area contributed by atoms with Gasteiger partial charge in [-0.1, -0.05) is 12.1 Å². The molecule has 64 valence electrons. The van der Waals surface area contributed by atoms with Crippen molar-refractivity contribution in [2.24, 2.45) is 0 Å². The van der Waals surface area contributed by atoms with E-state index in [1.54, 1.807) is 11.9 Å². The summed E-state index contributed by atoms with van der Waals surface area (Å²) in [7, 11) is 0. The smallest absolute Gasteiger partial charge is 0.106 e. The van der Waals surface area contributed by atoms with Crippen LogP contribution in [0.4, 0.5) is 0 Å². The average molecular weight is 201 g/mol. The summed E-state index contributed by atoms with van der Waals surface area (Å²) in [6, 6.07) is 8.11. The second-order valence-electron chi connectivity index (χ2n) is 2.24. The molecule has 0 N–H and O–H groups in total. The third-order valence-electron chi connectivity index (χ3n) is 1.62. The first-order chi connectivity index (χ1) is 5.42. The monoisotopic (exact) mass is 200 g/mol. The second-order valence-corrected chi connectivity index (χ2v) is 3.00. The molecule has 0 amide bonds. The molecule has 0 atom stereocenters. The highest BCUT2D eigenvalue weighted by Gasteiger charge is 1.97. The van der Waals surface area contributed by atoms with Gasteiger partial charge in [0.15, 0.2) is 0 Å². The van der Waals surface area contributed by atoms with E-state index in [0.29, 0.717) is 0 Å². The van der Waals surface area contributed by atoms with Crippen LogP contribution in [0, 0.1) is 0 Å². The van der Waals surface area contributed by atoms with E-state index in [1.807, 2.05) is 30.8 Å². The van der Waals surface area contributed by atoms with Crippen molar-refractivity contribution in [3.8, 4) is 0 Å². The predicted molar refractivity (Wildman–Crippen MR) is 55.9 cm³/mol. The minimum atomic E-state index is 0. The van der Waals surface area contributed by atoms with E-state index in [0.717, 1.165) is 5.52 Å². The highest BCUT2D eigenvalue weighted by atomic mass is 35.5. The first-order valence-electron chi connectivity index (χ1n) is 3.38. The van der Waals surface area contributed by atoms with Gasteiger partial charge in [0.1, 0.15) is 6.33 Å². The van der Waals surface area contributed by atoms with Crippen LogP contribution in [0.5, 0.6) is 0 Å². The van der Waals surface area contributed by atoms with E-state index in [2.05, 4.69) is 15.0 Å². The minimum absolute atomic E-state index is 0. The van der Waals surface area contributed by atoms with E-state index < -0.39 is 0 Å². The molecule has 4 heteroatoms. The van der Waals surface area contributed by atoms with Gasteiger partial charge in [0.05, 0.1) is 11.0 Å². The molecule has 2 rings (SSSR count). The van der Waals surface area contributed by atoms with Crippen LogP contribution >= 0.6 is 24.4 Å². The summed E-state index contributed by atoms with van der Waals surface area (Å²) in [5.41, 5.74) is 2.24. The van der Waals surface area contributed by atoms with Crippen molar-refractivity contribution in [1.82, 2.24) is 8.96 Å². The number of hydrogen-bond donors (Lipinski definition) is 0. The summed E-state index contributed by atoms with van der Waals surface area (Å²) in [6.45, 7) is 0. The van der Waals surface area contributed by atoms with Gasteiger partial charge in [0, 0.05) is 6.26 Å². The lowest BCUT2D eigenvalue weighted by Crippen LogP contribution is -1.79. The van der Waals surface area contributed by atoms with E-state index in [-0.39, 0.29) is 12.4 Å². The fraction of sp³-hybridized carbons (Fsp3) is 0.125. The van der Waals surface area contributed by atoms with Crippen LogP contribution < -0.4 is 0 Å². The molecule has 1 aromatic heterocycles. The molecule has 0 fully saturated rings. The van der Waals surface area contributed by atoms with Crippen LogP contribution in [0.2, 0.25) is 0 Å². The highest BCUT2D eigenvalue weighted by Crippen LogP contribution is 2.15. The number of fused-ring (bicyclic) bond motifs is 1. The number of imidazole rings is 1. The molecule has 1 aromatic carbocycles. The predicted octanol–water partition coefficient (Wildman–Crippen LogP) is 2.58. The van der Waals surface area contributed by atoms with Crippen molar-refractivity contribution in [3.05, 3.63) is 30.6 Å². The number of halogens is 1. The number of hydrogen-bond acceptors (Lipinski definition) is 2. The topological polar surface area (TPSA) is 17.8 Å². The van der Waals surface area contributed by atoms with Crippen LogP contribution in [0.25, 0.3) is 11.0 Å². The van der Waals surface area contributed by atoms with Crippen LogP contribution in [-0.4, -0.2) is 15.2 Å². The molecule has 0 radical (unpaired) electrons. The Morgan fingerprint density at radius 1 is 1.33 bits per heavy atom. The Hall–Kier alpha value is -0.670. The van der Waals surface area contributed by atoms with Crippen molar-refractivity contribution in [3.63, 3.8) is 0 Å². The molecule has 0 saturated heterocycles. The van der Waals surface area contributed by atoms with Gasteiger partial charge in [-0.2, -0.15) is 0 Å². The Labute approximate surface area is 81.5 Å². The van der Waals surface area contributed by atoms with E-state index in [4.69, 9.17) is 0 Å². The summed E-state index contributed by atoms with van der Waals surface area (Å²) in [5, 5.41) is 0. The van der Waals surface area contributed by atoms with Crippen LogP contribution in [0.1, 0.15) is 0 Å². The normalized spacial score (nSPS) is 9.75. The highest BCUT2D eigenvalue weighted by molar-refractivity contribution is 7.97. The summed E-state index contributed by atoms with van der Waals surface area (Å²) in [5.74, 6) is 0. The first kappa shape index (κ1) is 9.42. The molecule has 0 unspecified atom stereocenters. The SMILES string of the molecule is CSn1cnc2ccccc21.Cl. The molecule has 0 saturated carbocycles. The molecular weight excluding hydrogens is 192 g/mol. The van der Waals surface area contributed by atoms with Crippen molar-refractivity contribution in [2.45, 2.75) is 0 Å². The van der Waals surface area contributed by atoms with E-state index in [9.17, 15) is 0 Å². The summed E-state index contributed by atoms with van der Waals surface area (Å²) in [6.07, 6.45) is 3.88. The van der Waals surface area contributed by atoms with E-state index >= 15 is 0 Å². The third kappa shape index (κ3) is 1.42. The average Bonchev–Trinajstić information content (AvgIpc) is 2.47. The van der Waals surface area contributed by atoms with Gasteiger partial charge < -0.3 is 0 Å². The Kier molecular flexibility index (Phi) is 3.00. The van der Waals surface area contributed by atoms with Crippen LogP contribution in [-0.2, 0) is 0 Å². The molecule has 0 aliphatic heterocycles. The fourth-order valence-corrected chi connectivity index (χ4v) is 1.57. The number of rotatable bonds is 1. The van der Waals surface area contributed by atoms with Gasteiger partial charge in [0.25, 0.3) is 0 Å². The Morgan fingerprint density at radius 2 is 2.08 bits per heavy atom. The molecule has 2 aromatic rings. The Bertz CT molecular complexity index is 372. The molecule has 0 aliphatic rings. The van der Waals surface area contributed by atoms with Gasteiger partial charge in [-0.3, -0.25) is 3.97 Å². The molecule has 1 heterocycles. The summed E-state index contributed by atoms with van der Waals surface area (Å²) in [4.78, 5) is 4.23. The number of benzene rings is 1. The molecule has 2 nitrogen and oxygen atoms in total. The maximum absolute atomic E-state index is 4.23. The largest absolute Gasteiger partial charge is 0.272 e. The second kappa shape index (κ2) is 3.83. The zero-order valence-electron chi connectivity index (χ0n) is 6.60. The van der Waals surface area contributed by atoms with Crippen molar-refractivity contribution in [1.29, 1.82) is 0 Å². The zero-order chi connectivity index (χ0) is 7.68. The van der Waals surface area contributed by atoms with Gasteiger partial charge in [-0.15, -0.1) is 12.4 Å². The number of para-hydroxylation sites is 2. The minimum Gasteiger partial charge on any atom is -0.272 e. The van der Waals surface area contributed by atoms with Gasteiger partial charge in [0.2, 0.25) is 0 Å². The fourth-order valence-electron chi connectivity index (χ4n) is 1.08. The van der Waals surface area contributed by atoms with Crippen LogP contribution in [0.3, 0.4) is 0 Å². The van der Waals surface area contributed by atoms with Gasteiger partial charge in [-0.05, 0) is 24.1 Å². The van der Waals surface area contributed by atoms with Crippen LogP contribution in [0.15, 0.2) is 30.6 Å². The van der Waals surface area contributed by atoms with E-state index in [1.165, 1.54) is 5.52 Å². The molecule has 0 bridgehead atoms. The van der Waals surface area contributed by atoms with Crippen molar-refractivity contribution < 1.29 is 0 Å². The van der Waals surface area contributed by atoms with Crippen molar-refractivity contribution in [2.75, 3.05) is 6.26 Å². The lowest BCUT2D eigenvalue weighted by molar-refractivity contribution is 1.27. The van der Waals surface area contributed by atoms with Gasteiger partial charge >= 0.3 is 0 Å². The molecule has 12 heavy (non-hydrogen) atoms. The Balaban J connectivity index is 0.000000720. The maximum atomic E-state index is 4.23. The van der Waals surface area contributed by atoms with Crippen molar-refractivity contribution >= 4 is 35.4 Å².